The van der Waals surface area contributed by atoms with Gasteiger partial charge in [0.2, 0.25) is 5.91 Å². The van der Waals surface area contributed by atoms with E-state index in [1.165, 1.54) is 4.57 Å². The maximum atomic E-state index is 12.6. The van der Waals surface area contributed by atoms with Crippen molar-refractivity contribution in [1.82, 2.24) is 19.4 Å². The Morgan fingerprint density at radius 3 is 2.60 bits per heavy atom. The maximum absolute atomic E-state index is 12.6. The van der Waals surface area contributed by atoms with Gasteiger partial charge in [0.25, 0.3) is 5.56 Å². The van der Waals surface area contributed by atoms with Crippen LogP contribution in [0.3, 0.4) is 0 Å². The minimum Gasteiger partial charge on any atom is -0.363 e. The van der Waals surface area contributed by atoms with Crippen LogP contribution in [0.5, 0.6) is 0 Å². The van der Waals surface area contributed by atoms with Gasteiger partial charge < -0.3 is 10.3 Å². The maximum Gasteiger partial charge on any atom is 0.331 e. The van der Waals surface area contributed by atoms with Crippen LogP contribution in [-0.4, -0.2) is 20.0 Å². The van der Waals surface area contributed by atoms with Crippen LogP contribution in [0.25, 0.3) is 10.9 Å². The number of hydrogen-bond acceptors (Lipinski definition) is 3. The lowest BCUT2D eigenvalue weighted by Gasteiger charge is -2.16. The fraction of sp³-hybridized carbons (Fsp3) is 0.278. The molecule has 1 atom stereocenters. The second-order valence-electron chi connectivity index (χ2n) is 5.85. The van der Waals surface area contributed by atoms with Gasteiger partial charge in [-0.05, 0) is 38.1 Å². The largest absolute Gasteiger partial charge is 0.363 e. The van der Waals surface area contributed by atoms with Gasteiger partial charge in [0.15, 0.2) is 0 Å². The molecule has 1 aromatic carbocycles. The predicted molar refractivity (Wildman–Crippen MR) is 95.5 cm³/mol. The number of aromatic nitrogens is 3. The van der Waals surface area contributed by atoms with Crippen LogP contribution in [0.2, 0.25) is 0 Å². The van der Waals surface area contributed by atoms with Gasteiger partial charge in [-0.3, -0.25) is 18.7 Å². The van der Waals surface area contributed by atoms with Crippen molar-refractivity contribution in [2.24, 2.45) is 0 Å². The summed E-state index contributed by atoms with van der Waals surface area (Å²) in [5, 5.41) is 3.28. The van der Waals surface area contributed by atoms with Crippen LogP contribution < -0.4 is 16.6 Å². The Labute approximate surface area is 143 Å². The van der Waals surface area contributed by atoms with E-state index in [1.54, 1.807) is 37.4 Å². The Balaban J connectivity index is 1.97. The van der Waals surface area contributed by atoms with Crippen LogP contribution >= 0.6 is 0 Å². The summed E-state index contributed by atoms with van der Waals surface area (Å²) < 4.78 is 2.49. The van der Waals surface area contributed by atoms with E-state index in [0.29, 0.717) is 10.9 Å². The molecule has 3 aromatic rings. The van der Waals surface area contributed by atoms with Gasteiger partial charge in [0.1, 0.15) is 6.54 Å². The van der Waals surface area contributed by atoms with Crippen LogP contribution in [-0.2, 0) is 17.9 Å². The molecule has 0 aliphatic rings. The van der Waals surface area contributed by atoms with E-state index in [9.17, 15) is 14.4 Å². The topological polar surface area (TPSA) is 88.9 Å². The van der Waals surface area contributed by atoms with Gasteiger partial charge in [-0.15, -0.1) is 0 Å². The van der Waals surface area contributed by atoms with Crippen molar-refractivity contribution in [2.45, 2.75) is 33.0 Å². The summed E-state index contributed by atoms with van der Waals surface area (Å²) in [6.45, 7) is 3.69. The summed E-state index contributed by atoms with van der Waals surface area (Å²) in [6.07, 6.45) is 1.78. The molecule has 7 nitrogen and oxygen atoms in total. The number of para-hydroxylation sites is 1. The Morgan fingerprint density at radius 2 is 1.92 bits per heavy atom. The lowest BCUT2D eigenvalue weighted by molar-refractivity contribution is -0.122. The van der Waals surface area contributed by atoms with Gasteiger partial charge in [-0.1, -0.05) is 12.1 Å². The normalized spacial score (nSPS) is 12.2. The van der Waals surface area contributed by atoms with E-state index in [0.717, 1.165) is 10.3 Å². The highest BCUT2D eigenvalue weighted by Gasteiger charge is 2.16. The molecule has 25 heavy (non-hydrogen) atoms. The predicted octanol–water partition coefficient (Wildman–Crippen LogP) is 1.39. The molecule has 0 bridgehead atoms. The lowest BCUT2D eigenvalue weighted by Crippen LogP contribution is -2.42. The number of aromatic amines is 1. The average Bonchev–Trinajstić information content (AvgIpc) is 3.14. The van der Waals surface area contributed by atoms with Crippen LogP contribution in [0.1, 0.15) is 25.6 Å². The number of hydrogen-bond donors (Lipinski definition) is 2. The average molecular weight is 340 g/mol. The second-order valence-corrected chi connectivity index (χ2v) is 5.85. The number of rotatable bonds is 5. The van der Waals surface area contributed by atoms with Gasteiger partial charge >= 0.3 is 5.69 Å². The molecule has 130 valence electrons. The number of benzene rings is 1. The Bertz CT molecular complexity index is 1010. The molecule has 1 unspecified atom stereocenters. The molecule has 7 heteroatoms. The molecular weight excluding hydrogens is 320 g/mol. The summed E-state index contributed by atoms with van der Waals surface area (Å²) in [5.74, 6) is -0.296. The summed E-state index contributed by atoms with van der Waals surface area (Å²) in [4.78, 5) is 40.5. The minimum absolute atomic E-state index is 0.148. The molecule has 0 saturated heterocycles. The van der Waals surface area contributed by atoms with Crippen LogP contribution in [0, 0.1) is 0 Å². The fourth-order valence-electron chi connectivity index (χ4n) is 2.92. The van der Waals surface area contributed by atoms with Crippen molar-refractivity contribution in [2.75, 3.05) is 0 Å². The molecule has 0 aliphatic heterocycles. The molecule has 2 heterocycles. The van der Waals surface area contributed by atoms with E-state index in [2.05, 4.69) is 10.3 Å². The quantitative estimate of drug-likeness (QED) is 0.735. The smallest absolute Gasteiger partial charge is 0.331 e. The Morgan fingerprint density at radius 1 is 1.16 bits per heavy atom. The summed E-state index contributed by atoms with van der Waals surface area (Å²) >= 11 is 0. The van der Waals surface area contributed by atoms with Crippen LogP contribution in [0.15, 0.2) is 52.2 Å². The monoisotopic (exact) mass is 340 g/mol. The third kappa shape index (κ3) is 3.13. The third-order valence-corrected chi connectivity index (χ3v) is 4.22. The first-order valence-electron chi connectivity index (χ1n) is 8.18. The first kappa shape index (κ1) is 16.8. The lowest BCUT2D eigenvalue weighted by atomic mass is 10.2. The standard InChI is InChI=1S/C18H20N4O3/c1-3-21-17(24)13-7-4-5-9-15(13)22(18(21)25)11-16(23)20-12(2)14-8-6-10-19-14/h4-10,12,19H,3,11H2,1-2H3,(H,20,23). The second kappa shape index (κ2) is 6.80. The zero-order chi connectivity index (χ0) is 18.0. The Hall–Kier alpha value is -3.09. The van der Waals surface area contributed by atoms with Gasteiger partial charge in [-0.2, -0.15) is 0 Å². The number of nitrogens with zero attached hydrogens (tertiary/aromatic N) is 2. The molecule has 0 aliphatic carbocycles. The summed E-state index contributed by atoms with van der Waals surface area (Å²) in [5.41, 5.74) is 0.530. The highest BCUT2D eigenvalue weighted by Crippen LogP contribution is 2.10. The van der Waals surface area contributed by atoms with Crippen molar-refractivity contribution in [3.8, 4) is 0 Å². The summed E-state index contributed by atoms with van der Waals surface area (Å²) in [6, 6.07) is 10.4. The third-order valence-electron chi connectivity index (χ3n) is 4.22. The number of fused-ring (bicyclic) bond motifs is 1. The minimum atomic E-state index is -0.478. The van der Waals surface area contributed by atoms with Crippen LogP contribution in [0.4, 0.5) is 0 Å². The van der Waals surface area contributed by atoms with Crippen molar-refractivity contribution in [3.63, 3.8) is 0 Å². The molecule has 0 fully saturated rings. The van der Waals surface area contributed by atoms with Gasteiger partial charge in [-0.25, -0.2) is 4.79 Å². The van der Waals surface area contributed by atoms with Crippen molar-refractivity contribution < 1.29 is 4.79 Å². The first-order chi connectivity index (χ1) is 12.0. The molecular formula is C18H20N4O3. The number of carbonyl (C=O) groups is 1. The van der Waals surface area contributed by atoms with Gasteiger partial charge in [0.05, 0.1) is 16.9 Å². The van der Waals surface area contributed by atoms with Crippen molar-refractivity contribution >= 4 is 16.8 Å². The van der Waals surface area contributed by atoms with E-state index < -0.39 is 5.69 Å². The fourth-order valence-corrected chi connectivity index (χ4v) is 2.92. The van der Waals surface area contributed by atoms with E-state index in [4.69, 9.17) is 0 Å². The highest BCUT2D eigenvalue weighted by atomic mass is 16.2. The number of carbonyl (C=O) groups excluding carboxylic acids is 1. The molecule has 0 saturated carbocycles. The molecule has 2 aromatic heterocycles. The SMILES string of the molecule is CCn1c(=O)c2ccccc2n(CC(=O)NC(C)c2ccc[nH]2)c1=O. The van der Waals surface area contributed by atoms with Crippen molar-refractivity contribution in [1.29, 1.82) is 0 Å². The molecule has 3 rings (SSSR count). The highest BCUT2D eigenvalue weighted by molar-refractivity contribution is 5.81. The van der Waals surface area contributed by atoms with Gasteiger partial charge in [0, 0.05) is 18.4 Å². The van der Waals surface area contributed by atoms with E-state index in [-0.39, 0.29) is 30.6 Å². The molecule has 1 amide bonds. The zero-order valence-corrected chi connectivity index (χ0v) is 14.2. The van der Waals surface area contributed by atoms with E-state index >= 15 is 0 Å². The zero-order valence-electron chi connectivity index (χ0n) is 14.2. The Kier molecular flexibility index (Phi) is 4.56. The number of H-pyrrole nitrogens is 1. The van der Waals surface area contributed by atoms with Crippen molar-refractivity contribution in [3.05, 3.63) is 69.1 Å². The summed E-state index contributed by atoms with van der Waals surface area (Å²) in [7, 11) is 0. The first-order valence-corrected chi connectivity index (χ1v) is 8.18. The molecule has 0 radical (unpaired) electrons. The molecule has 2 N–H and O–H groups in total. The van der Waals surface area contributed by atoms with E-state index in [1.807, 2.05) is 19.1 Å². The number of nitrogens with one attached hydrogen (secondary N) is 2. The molecule has 0 spiro atoms. The number of amides is 1.